The predicted molar refractivity (Wildman–Crippen MR) is 42.9 cm³/mol. The highest BCUT2D eigenvalue weighted by Gasteiger charge is 2.15. The summed E-state index contributed by atoms with van der Waals surface area (Å²) in [6.45, 7) is 0. The number of hydrogen-bond acceptors (Lipinski definition) is 2. The third kappa shape index (κ3) is 1.65. The quantitative estimate of drug-likeness (QED) is 0.676. The maximum Gasteiger partial charge on any atom is 0.195 e. The molecule has 0 radical (unpaired) electrons. The maximum atomic E-state index is 10.6. The van der Waals surface area contributed by atoms with Crippen molar-refractivity contribution < 1.29 is 8.42 Å². The fraction of sp³-hybridized carbons (Fsp3) is 0. The van der Waals surface area contributed by atoms with Gasteiger partial charge >= 0.3 is 0 Å². The van der Waals surface area contributed by atoms with Crippen LogP contribution in [-0.4, -0.2) is 8.42 Å². The monoisotopic (exact) mass is 272 g/mol. The second kappa shape index (κ2) is 2.21. The summed E-state index contributed by atoms with van der Waals surface area (Å²) in [6, 6.07) is 0. The van der Waals surface area contributed by atoms with Crippen LogP contribution in [0.1, 0.15) is 0 Å². The van der Waals surface area contributed by atoms with Crippen molar-refractivity contribution >= 4 is 41.7 Å². The first-order valence-corrected chi connectivity index (χ1v) is 5.21. The summed E-state index contributed by atoms with van der Waals surface area (Å²) in [5, 5.41) is 2.30. The molecular formula is C4H2Br2O2S. The molecule has 0 N–H and O–H groups in total. The largest absolute Gasteiger partial charge is 0.220 e. The molecule has 0 aromatic rings. The summed E-state index contributed by atoms with van der Waals surface area (Å²) in [5.74, 6) is 0. The van der Waals surface area contributed by atoms with Gasteiger partial charge in [0, 0.05) is 8.96 Å². The van der Waals surface area contributed by atoms with E-state index in [-0.39, 0.29) is 0 Å². The summed E-state index contributed by atoms with van der Waals surface area (Å²) in [5.41, 5.74) is 0. The molecule has 0 aromatic carbocycles. The van der Waals surface area contributed by atoms with Gasteiger partial charge in [0.05, 0.1) is 10.8 Å². The fourth-order valence-corrected chi connectivity index (χ4v) is 3.43. The molecule has 0 saturated carbocycles. The van der Waals surface area contributed by atoms with Crippen LogP contribution >= 0.6 is 31.9 Å². The highest BCUT2D eigenvalue weighted by atomic mass is 79.9. The molecule has 0 atom stereocenters. The molecule has 0 aromatic heterocycles. The number of rotatable bonds is 0. The zero-order chi connectivity index (χ0) is 7.07. The fourth-order valence-electron chi connectivity index (χ4n) is 0.435. The smallest absolute Gasteiger partial charge is 0.195 e. The first kappa shape index (κ1) is 7.50. The van der Waals surface area contributed by atoms with Crippen molar-refractivity contribution in [2.75, 3.05) is 0 Å². The van der Waals surface area contributed by atoms with Gasteiger partial charge in [-0.25, -0.2) is 8.42 Å². The van der Waals surface area contributed by atoms with Crippen molar-refractivity contribution in [1.29, 1.82) is 0 Å². The van der Waals surface area contributed by atoms with Crippen molar-refractivity contribution in [1.82, 2.24) is 0 Å². The summed E-state index contributed by atoms with van der Waals surface area (Å²) < 4.78 is 22.4. The van der Waals surface area contributed by atoms with E-state index in [4.69, 9.17) is 0 Å². The van der Waals surface area contributed by atoms with Crippen LogP contribution in [0.2, 0.25) is 0 Å². The highest BCUT2D eigenvalue weighted by molar-refractivity contribution is 9.15. The molecule has 0 fully saturated rings. The van der Waals surface area contributed by atoms with Gasteiger partial charge in [0.15, 0.2) is 9.84 Å². The van der Waals surface area contributed by atoms with Gasteiger partial charge in [-0.2, -0.15) is 0 Å². The van der Waals surface area contributed by atoms with E-state index < -0.39 is 9.84 Å². The number of sulfone groups is 1. The Morgan fingerprint density at radius 3 is 1.56 bits per heavy atom. The van der Waals surface area contributed by atoms with E-state index in [1.807, 2.05) is 0 Å². The van der Waals surface area contributed by atoms with Crippen LogP contribution in [0, 0.1) is 0 Å². The number of hydrogen-bond donors (Lipinski definition) is 0. The molecule has 50 valence electrons. The average molecular weight is 274 g/mol. The first-order chi connectivity index (χ1) is 4.01. The average Bonchev–Trinajstić information content (AvgIpc) is 1.79. The first-order valence-electron chi connectivity index (χ1n) is 2.01. The highest BCUT2D eigenvalue weighted by Crippen LogP contribution is 2.30. The Balaban J connectivity index is 3.27. The molecule has 0 saturated heterocycles. The topological polar surface area (TPSA) is 34.1 Å². The lowest BCUT2D eigenvalue weighted by molar-refractivity contribution is 0.613. The van der Waals surface area contributed by atoms with Crippen LogP contribution in [-0.2, 0) is 9.84 Å². The van der Waals surface area contributed by atoms with Crippen molar-refractivity contribution in [3.05, 3.63) is 19.8 Å². The maximum absolute atomic E-state index is 10.6. The Labute approximate surface area is 69.8 Å². The normalized spacial score (nSPS) is 23.3. The Hall–Kier alpha value is 0.390. The van der Waals surface area contributed by atoms with E-state index in [0.717, 1.165) is 10.8 Å². The molecular weight excluding hydrogens is 272 g/mol. The van der Waals surface area contributed by atoms with Crippen molar-refractivity contribution in [3.63, 3.8) is 0 Å². The van der Waals surface area contributed by atoms with Crippen LogP contribution in [0.4, 0.5) is 0 Å². The molecule has 0 unspecified atom stereocenters. The minimum absolute atomic E-state index is 0.572. The van der Waals surface area contributed by atoms with Gasteiger partial charge in [0.2, 0.25) is 0 Å². The summed E-state index contributed by atoms with van der Waals surface area (Å²) in [4.78, 5) is 0. The van der Waals surface area contributed by atoms with Gasteiger partial charge in [0.25, 0.3) is 0 Å². The van der Waals surface area contributed by atoms with Gasteiger partial charge in [-0.05, 0) is 31.9 Å². The van der Waals surface area contributed by atoms with E-state index in [2.05, 4.69) is 31.9 Å². The molecule has 5 heteroatoms. The number of halogens is 2. The Morgan fingerprint density at radius 2 is 1.44 bits per heavy atom. The molecule has 0 bridgehead atoms. The van der Waals surface area contributed by atoms with Crippen LogP contribution in [0.15, 0.2) is 19.8 Å². The Bertz CT molecular complexity index is 262. The van der Waals surface area contributed by atoms with Crippen LogP contribution in [0.25, 0.3) is 0 Å². The minimum atomic E-state index is -3.06. The minimum Gasteiger partial charge on any atom is -0.220 e. The molecule has 0 spiro atoms. The Kier molecular flexibility index (Phi) is 1.84. The van der Waals surface area contributed by atoms with Gasteiger partial charge in [-0.3, -0.25) is 0 Å². The van der Waals surface area contributed by atoms with Crippen LogP contribution in [0.3, 0.4) is 0 Å². The van der Waals surface area contributed by atoms with E-state index in [0.29, 0.717) is 8.96 Å². The third-order valence-electron chi connectivity index (χ3n) is 0.764. The summed E-state index contributed by atoms with van der Waals surface area (Å²) in [6.07, 6.45) is 0. The van der Waals surface area contributed by atoms with Gasteiger partial charge < -0.3 is 0 Å². The SMILES string of the molecule is O=S1(=O)C=C(Br)C(Br)=C1. The zero-order valence-electron chi connectivity index (χ0n) is 4.14. The second-order valence-corrected chi connectivity index (χ2v) is 4.88. The zero-order valence-corrected chi connectivity index (χ0v) is 8.12. The standard InChI is InChI=1S/C4H2Br2O2S/c5-3-1-9(7,8)2-4(3)6/h1-2H. The van der Waals surface area contributed by atoms with Crippen molar-refractivity contribution in [3.8, 4) is 0 Å². The summed E-state index contributed by atoms with van der Waals surface area (Å²) in [7, 11) is -3.06. The molecule has 1 aliphatic heterocycles. The van der Waals surface area contributed by atoms with Crippen molar-refractivity contribution in [2.24, 2.45) is 0 Å². The van der Waals surface area contributed by atoms with E-state index in [1.165, 1.54) is 0 Å². The third-order valence-corrected chi connectivity index (χ3v) is 4.34. The van der Waals surface area contributed by atoms with Crippen LogP contribution in [0.5, 0.6) is 0 Å². The predicted octanol–water partition coefficient (Wildman–Crippen LogP) is 1.89. The molecule has 1 rings (SSSR count). The molecule has 0 aliphatic carbocycles. The lowest BCUT2D eigenvalue weighted by Gasteiger charge is -1.80. The van der Waals surface area contributed by atoms with Crippen molar-refractivity contribution in [2.45, 2.75) is 0 Å². The molecule has 0 amide bonds. The van der Waals surface area contributed by atoms with Gasteiger partial charge in [-0.15, -0.1) is 0 Å². The molecule has 1 aliphatic rings. The number of allylic oxidation sites excluding steroid dienone is 2. The van der Waals surface area contributed by atoms with Crippen LogP contribution < -0.4 is 0 Å². The van der Waals surface area contributed by atoms with E-state index in [9.17, 15) is 8.42 Å². The van der Waals surface area contributed by atoms with Gasteiger partial charge in [0.1, 0.15) is 0 Å². The lowest BCUT2D eigenvalue weighted by atomic mass is 10.6. The molecule has 1 heterocycles. The Morgan fingerprint density at radius 1 is 1.11 bits per heavy atom. The van der Waals surface area contributed by atoms with E-state index in [1.54, 1.807) is 0 Å². The second-order valence-electron chi connectivity index (χ2n) is 1.52. The lowest BCUT2D eigenvalue weighted by Crippen LogP contribution is -1.81. The molecule has 9 heavy (non-hydrogen) atoms. The molecule has 2 nitrogen and oxygen atoms in total. The van der Waals surface area contributed by atoms with Gasteiger partial charge in [-0.1, -0.05) is 0 Å². The summed E-state index contributed by atoms with van der Waals surface area (Å²) >= 11 is 6.09. The van der Waals surface area contributed by atoms with E-state index >= 15 is 0 Å².